The van der Waals surface area contributed by atoms with Crippen molar-refractivity contribution in [1.82, 2.24) is 0 Å². The minimum absolute atomic E-state index is 0.177. The average molecular weight is 1510 g/mol. The van der Waals surface area contributed by atoms with Crippen molar-refractivity contribution in [3.05, 3.63) is 418 Å². The van der Waals surface area contributed by atoms with E-state index in [4.69, 9.17) is 0 Å². The smallest absolute Gasteiger partial charge is 0.00264 e. The van der Waals surface area contributed by atoms with Gasteiger partial charge in [-0.15, -0.1) is 0 Å². The SMILES string of the molecule is C=Cc1c(C=C)c(-c2ccccc2)c2ccc(C)cc2c1C.Cc1c2ccccc2c(-c2ccc(C(C)(C)C)cc2)c2ccccc12.Cc1cc2c(C)c3cc(C)c(C)cc3c(-c3ccccc3)c2cc1C.Cc1ccc2c(-c3ccccc3)c3cc(C)ccc3c(C)c2c1.Cc1ccc2c(C)c3ccccc3c(-c3ccccc3)c2c1. The van der Waals surface area contributed by atoms with Gasteiger partial charge in [-0.25, -0.2) is 0 Å². The third-order valence-corrected chi connectivity index (χ3v) is 24.5. The molecule has 0 aromatic heterocycles. The first-order chi connectivity index (χ1) is 56.5. The van der Waals surface area contributed by atoms with Gasteiger partial charge in [0.2, 0.25) is 0 Å². The monoisotopic (exact) mass is 1510 g/mol. The van der Waals surface area contributed by atoms with E-state index in [0.29, 0.717) is 0 Å². The summed E-state index contributed by atoms with van der Waals surface area (Å²) in [6.45, 7) is 43.5. The van der Waals surface area contributed by atoms with Gasteiger partial charge >= 0.3 is 0 Å². The number of fused-ring (bicyclic) bond motifs is 9. The van der Waals surface area contributed by atoms with Gasteiger partial charge in [-0.2, -0.15) is 0 Å². The first-order valence-corrected chi connectivity index (χ1v) is 41.4. The standard InChI is InChI=1S/2C25H24.C23H20.C22H18.C22H20/c1-15-11-21-19(5)22-12-16(2)18(4)14-24(22)25(23(21)13-17(15)3)20-9-7-6-8-10-20;1-17-20-9-5-7-11-22(20)24(23-12-8-6-10-21(17)23)18-13-15-19(16-14-18)25(2,3)4;1-15-10-12-20-21(13-15)17(3)19-11-9-16(2)14-22(19)23(20)18-7-5-4-6-8-18;1-15-12-13-19-16(2)18-10-6-7-11-20(18)22(21(19)14-15)17-8-4-3-5-9-17;1-5-18-16(4)21-14-15(3)12-13-20(21)22(19(18)6-2)17-10-8-7-9-11-17/h6-14H,1-5H3;5-16H,1-4H3;4-14H,1-3H3;3-14H,1-2H3;5-14H,1-2H2,3-4H3. The molecule has 0 aliphatic carbocycles. The Morgan fingerprint density at radius 2 is 0.410 bits per heavy atom. The highest BCUT2D eigenvalue weighted by molar-refractivity contribution is 6.19. The molecule has 117 heavy (non-hydrogen) atoms. The summed E-state index contributed by atoms with van der Waals surface area (Å²) in [7, 11) is 0. The number of aryl methyl sites for hydroxylation is 13. The Bertz CT molecular complexity index is 6900. The molecule has 0 fully saturated rings. The van der Waals surface area contributed by atoms with Crippen LogP contribution in [0.2, 0.25) is 0 Å². The number of rotatable bonds is 7. The Morgan fingerprint density at radius 3 is 0.761 bits per heavy atom. The molecule has 0 nitrogen and oxygen atoms in total. The zero-order chi connectivity index (χ0) is 82.1. The summed E-state index contributed by atoms with van der Waals surface area (Å²) in [5.74, 6) is 0. The summed E-state index contributed by atoms with van der Waals surface area (Å²) < 4.78 is 0. The number of hydrogen-bond donors (Lipinski definition) is 0. The molecule has 0 aliphatic heterocycles. The van der Waals surface area contributed by atoms with E-state index in [1.165, 1.54) is 236 Å². The van der Waals surface area contributed by atoms with E-state index >= 15 is 0 Å². The van der Waals surface area contributed by atoms with E-state index in [9.17, 15) is 0 Å². The molecular weight excluding hydrogens is 1410 g/mol. The topological polar surface area (TPSA) is 0 Å². The summed E-state index contributed by atoms with van der Waals surface area (Å²) >= 11 is 0. The summed E-state index contributed by atoms with van der Waals surface area (Å²) in [6, 6.07) is 115. The van der Waals surface area contributed by atoms with E-state index in [2.05, 4.69) is 433 Å². The molecule has 0 saturated carbocycles. The van der Waals surface area contributed by atoms with E-state index in [1.54, 1.807) is 0 Å². The maximum absolute atomic E-state index is 4.04. The predicted molar refractivity (Wildman–Crippen MR) is 517 cm³/mol. The van der Waals surface area contributed by atoms with Gasteiger partial charge in [-0.05, 0) is 315 Å². The molecule has 0 heteroatoms. The zero-order valence-electron chi connectivity index (χ0n) is 71.1. The van der Waals surface area contributed by atoms with Crippen molar-refractivity contribution in [2.24, 2.45) is 0 Å². The minimum atomic E-state index is 0.177. The molecule has 0 radical (unpaired) electrons. The summed E-state index contributed by atoms with van der Waals surface area (Å²) in [4.78, 5) is 0. The van der Waals surface area contributed by atoms with E-state index in [0.717, 1.165) is 5.56 Å². The Morgan fingerprint density at radius 1 is 0.188 bits per heavy atom. The van der Waals surface area contributed by atoms with Crippen LogP contribution in [-0.4, -0.2) is 0 Å². The van der Waals surface area contributed by atoms with Crippen LogP contribution in [0.1, 0.15) is 110 Å². The van der Waals surface area contributed by atoms with Gasteiger partial charge in [-0.3, -0.25) is 0 Å². The number of benzene rings is 19. The molecule has 0 bridgehead atoms. The van der Waals surface area contributed by atoms with Gasteiger partial charge in [0.1, 0.15) is 0 Å². The summed E-state index contributed by atoms with van der Waals surface area (Å²) in [5, 5.41) is 24.2. The van der Waals surface area contributed by atoms with Crippen LogP contribution in [-0.2, 0) is 5.41 Å². The third kappa shape index (κ3) is 15.5. The van der Waals surface area contributed by atoms with Crippen LogP contribution in [0.3, 0.4) is 0 Å². The van der Waals surface area contributed by atoms with E-state index in [-0.39, 0.29) is 5.41 Å². The quantitative estimate of drug-likeness (QED) is 0.140. The van der Waals surface area contributed by atoms with Crippen molar-refractivity contribution in [3.63, 3.8) is 0 Å². The van der Waals surface area contributed by atoms with Gasteiger partial charge in [0, 0.05) is 0 Å². The second-order valence-corrected chi connectivity index (χ2v) is 33.3. The average Bonchev–Trinajstić information content (AvgIpc) is 0.755. The molecule has 0 N–H and O–H groups in total. The van der Waals surface area contributed by atoms with Crippen LogP contribution < -0.4 is 0 Å². The van der Waals surface area contributed by atoms with Crippen LogP contribution in [0, 0.1) is 90.0 Å². The summed E-state index contributed by atoms with van der Waals surface area (Å²) in [6.07, 6.45) is 3.90. The lowest BCUT2D eigenvalue weighted by Gasteiger charge is -2.20. The lowest BCUT2D eigenvalue weighted by Crippen LogP contribution is -2.10. The number of hydrogen-bond acceptors (Lipinski definition) is 0. The largest absolute Gasteiger partial charge is 0.0984 e. The Kier molecular flexibility index (Phi) is 22.7. The van der Waals surface area contributed by atoms with E-state index in [1.807, 2.05) is 18.2 Å². The molecule has 19 rings (SSSR count). The van der Waals surface area contributed by atoms with Crippen LogP contribution >= 0.6 is 0 Å². The molecule has 0 saturated heterocycles. The van der Waals surface area contributed by atoms with Crippen molar-refractivity contribution in [2.45, 2.75) is 116 Å². The Balaban J connectivity index is 0.000000115. The first-order valence-electron chi connectivity index (χ1n) is 41.4. The normalized spacial score (nSPS) is 11.3. The van der Waals surface area contributed by atoms with Crippen LogP contribution in [0.25, 0.3) is 165 Å². The van der Waals surface area contributed by atoms with Crippen molar-refractivity contribution in [2.75, 3.05) is 0 Å². The molecule has 0 aliphatic rings. The molecule has 0 heterocycles. The lowest BCUT2D eigenvalue weighted by molar-refractivity contribution is 0.590. The van der Waals surface area contributed by atoms with Crippen LogP contribution in [0.15, 0.2) is 329 Å². The molecule has 0 spiro atoms. The predicted octanol–water partition coefficient (Wildman–Crippen LogP) is 33.7. The highest BCUT2D eigenvalue weighted by Gasteiger charge is 2.22. The fourth-order valence-electron chi connectivity index (χ4n) is 17.9. The third-order valence-electron chi connectivity index (χ3n) is 24.5. The van der Waals surface area contributed by atoms with Crippen molar-refractivity contribution < 1.29 is 0 Å². The van der Waals surface area contributed by atoms with Crippen LogP contribution in [0.5, 0.6) is 0 Å². The highest BCUT2D eigenvalue weighted by atomic mass is 14.3. The Labute approximate surface area is 693 Å². The maximum Gasteiger partial charge on any atom is -0.00264 e. The van der Waals surface area contributed by atoms with Gasteiger partial charge in [0.25, 0.3) is 0 Å². The van der Waals surface area contributed by atoms with Crippen molar-refractivity contribution >= 4 is 109 Å². The summed E-state index contributed by atoms with van der Waals surface area (Å²) in [5.41, 5.74) is 34.3. The Hall–Kier alpha value is -13.0. The molecule has 0 amide bonds. The minimum Gasteiger partial charge on any atom is -0.0984 e. The maximum atomic E-state index is 4.04. The van der Waals surface area contributed by atoms with Crippen molar-refractivity contribution in [1.29, 1.82) is 0 Å². The lowest BCUT2D eigenvalue weighted by atomic mass is 9.84. The van der Waals surface area contributed by atoms with Crippen molar-refractivity contribution in [3.8, 4) is 55.6 Å². The highest BCUT2D eigenvalue weighted by Crippen LogP contribution is 2.46. The zero-order valence-corrected chi connectivity index (χ0v) is 71.1. The van der Waals surface area contributed by atoms with E-state index < -0.39 is 0 Å². The fraction of sp³-hybridized carbons (Fsp3) is 0.145. The molecule has 0 unspecified atom stereocenters. The van der Waals surface area contributed by atoms with Crippen LogP contribution in [0.4, 0.5) is 0 Å². The molecule has 19 aromatic carbocycles. The van der Waals surface area contributed by atoms with Gasteiger partial charge in [-0.1, -0.05) is 384 Å². The fourth-order valence-corrected chi connectivity index (χ4v) is 17.9. The molecule has 574 valence electrons. The van der Waals surface area contributed by atoms with Gasteiger partial charge in [0.15, 0.2) is 0 Å². The van der Waals surface area contributed by atoms with Gasteiger partial charge < -0.3 is 0 Å². The molecule has 19 aromatic rings. The second-order valence-electron chi connectivity index (χ2n) is 33.3. The molecule has 0 atom stereocenters. The first kappa shape index (κ1) is 79.2. The molecular formula is C117H106. The second kappa shape index (κ2) is 33.4. The van der Waals surface area contributed by atoms with Gasteiger partial charge in [0.05, 0.1) is 0 Å².